The predicted molar refractivity (Wildman–Crippen MR) is 53.6 cm³/mol. The first kappa shape index (κ1) is 10.7. The molecule has 2 heteroatoms. The first-order valence-corrected chi connectivity index (χ1v) is 5.27. The maximum Gasteiger partial charge on any atom is 0.188 e. The zero-order valence-electron chi connectivity index (χ0n) is 8.93. The maximum absolute atomic E-state index is 5.55. The van der Waals surface area contributed by atoms with Crippen LogP contribution in [0.15, 0.2) is 11.6 Å². The number of rotatable bonds is 0. The summed E-state index contributed by atoms with van der Waals surface area (Å²) in [6.07, 6.45) is 5.57. The molecule has 13 heavy (non-hydrogen) atoms. The van der Waals surface area contributed by atoms with Gasteiger partial charge in [-0.25, -0.2) is 0 Å². The van der Waals surface area contributed by atoms with Crippen molar-refractivity contribution in [1.29, 1.82) is 0 Å². The average molecular weight is 184 g/mol. The standard InChI is InChI=1S/C9H14O2.C2H6/c1-8-3-2-4-9(7-8)10-5-6-11-9;1-2/h7H,2-6H2,1H3;1-2H3. The molecule has 1 aliphatic heterocycles. The van der Waals surface area contributed by atoms with Crippen molar-refractivity contribution in [2.24, 2.45) is 0 Å². The van der Waals surface area contributed by atoms with E-state index in [0.717, 1.165) is 19.6 Å². The van der Waals surface area contributed by atoms with E-state index in [4.69, 9.17) is 9.47 Å². The Morgan fingerprint density at radius 3 is 2.38 bits per heavy atom. The Bertz CT molecular complexity index is 179. The van der Waals surface area contributed by atoms with Crippen LogP contribution in [-0.2, 0) is 9.47 Å². The monoisotopic (exact) mass is 184 g/mol. The van der Waals surface area contributed by atoms with Gasteiger partial charge in [0.05, 0.1) is 13.2 Å². The highest BCUT2D eigenvalue weighted by molar-refractivity contribution is 5.10. The minimum absolute atomic E-state index is 0.317. The third kappa shape index (κ3) is 2.55. The van der Waals surface area contributed by atoms with E-state index in [1.807, 2.05) is 13.8 Å². The molecule has 0 unspecified atom stereocenters. The van der Waals surface area contributed by atoms with E-state index in [0.29, 0.717) is 0 Å². The number of ether oxygens (including phenoxy) is 2. The third-order valence-corrected chi connectivity index (χ3v) is 2.34. The van der Waals surface area contributed by atoms with Gasteiger partial charge in [-0.15, -0.1) is 0 Å². The second-order valence-corrected chi connectivity index (χ2v) is 3.35. The molecule has 0 amide bonds. The quantitative estimate of drug-likeness (QED) is 0.539. The fourth-order valence-electron chi connectivity index (χ4n) is 1.83. The van der Waals surface area contributed by atoms with Crippen LogP contribution in [0.4, 0.5) is 0 Å². The topological polar surface area (TPSA) is 18.5 Å². The van der Waals surface area contributed by atoms with E-state index in [1.165, 1.54) is 18.4 Å². The van der Waals surface area contributed by atoms with Crippen molar-refractivity contribution >= 4 is 0 Å². The molecule has 0 bridgehead atoms. The predicted octanol–water partition coefficient (Wildman–Crippen LogP) is 2.89. The number of hydrogen-bond donors (Lipinski definition) is 0. The van der Waals surface area contributed by atoms with Gasteiger partial charge in [0.15, 0.2) is 5.79 Å². The van der Waals surface area contributed by atoms with Gasteiger partial charge < -0.3 is 9.47 Å². The van der Waals surface area contributed by atoms with Crippen LogP contribution in [0, 0.1) is 0 Å². The Hall–Kier alpha value is -0.340. The maximum atomic E-state index is 5.55. The summed E-state index contributed by atoms with van der Waals surface area (Å²) >= 11 is 0. The molecule has 1 spiro atoms. The van der Waals surface area contributed by atoms with Gasteiger partial charge in [-0.3, -0.25) is 0 Å². The molecule has 1 aliphatic carbocycles. The second-order valence-electron chi connectivity index (χ2n) is 3.35. The molecule has 1 fully saturated rings. The Morgan fingerprint density at radius 2 is 1.85 bits per heavy atom. The SMILES string of the molecule is CC.CC1=CC2(CCC1)OCCO2. The van der Waals surface area contributed by atoms with Gasteiger partial charge in [-0.1, -0.05) is 19.4 Å². The zero-order valence-corrected chi connectivity index (χ0v) is 8.93. The highest BCUT2D eigenvalue weighted by Crippen LogP contribution is 2.33. The molecule has 2 rings (SSSR count). The Morgan fingerprint density at radius 1 is 1.23 bits per heavy atom. The van der Waals surface area contributed by atoms with E-state index in [9.17, 15) is 0 Å². The molecule has 0 saturated carbocycles. The van der Waals surface area contributed by atoms with Crippen LogP contribution in [0.1, 0.15) is 40.0 Å². The van der Waals surface area contributed by atoms with Crippen LogP contribution in [-0.4, -0.2) is 19.0 Å². The summed E-state index contributed by atoms with van der Waals surface area (Å²) in [4.78, 5) is 0. The second kappa shape index (κ2) is 4.77. The highest BCUT2D eigenvalue weighted by Gasteiger charge is 2.35. The van der Waals surface area contributed by atoms with Gasteiger partial charge in [0, 0.05) is 6.42 Å². The summed E-state index contributed by atoms with van der Waals surface area (Å²) in [5.74, 6) is -0.317. The Balaban J connectivity index is 0.000000396. The van der Waals surface area contributed by atoms with Crippen LogP contribution in [0.5, 0.6) is 0 Å². The summed E-state index contributed by atoms with van der Waals surface area (Å²) in [7, 11) is 0. The van der Waals surface area contributed by atoms with Crippen molar-refractivity contribution in [1.82, 2.24) is 0 Å². The van der Waals surface area contributed by atoms with Crippen LogP contribution in [0.2, 0.25) is 0 Å². The summed E-state index contributed by atoms with van der Waals surface area (Å²) in [5.41, 5.74) is 1.40. The molecule has 0 aromatic heterocycles. The average Bonchev–Trinajstić information content (AvgIpc) is 2.56. The van der Waals surface area contributed by atoms with Crippen molar-refractivity contribution in [2.45, 2.75) is 45.8 Å². The van der Waals surface area contributed by atoms with Crippen molar-refractivity contribution in [2.75, 3.05) is 13.2 Å². The van der Waals surface area contributed by atoms with Crippen LogP contribution in [0.25, 0.3) is 0 Å². The van der Waals surface area contributed by atoms with E-state index in [-0.39, 0.29) is 5.79 Å². The lowest BCUT2D eigenvalue weighted by molar-refractivity contribution is -0.125. The van der Waals surface area contributed by atoms with E-state index >= 15 is 0 Å². The molecule has 0 atom stereocenters. The molecule has 0 aromatic rings. The van der Waals surface area contributed by atoms with Gasteiger partial charge in [0.2, 0.25) is 0 Å². The molecule has 1 heterocycles. The highest BCUT2D eigenvalue weighted by atomic mass is 16.7. The summed E-state index contributed by atoms with van der Waals surface area (Å²) in [5, 5.41) is 0. The Kier molecular flexibility index (Phi) is 3.94. The van der Waals surface area contributed by atoms with Gasteiger partial charge in [0.1, 0.15) is 0 Å². The van der Waals surface area contributed by atoms with Crippen molar-refractivity contribution in [3.8, 4) is 0 Å². The van der Waals surface area contributed by atoms with Crippen LogP contribution >= 0.6 is 0 Å². The first-order valence-electron chi connectivity index (χ1n) is 5.27. The van der Waals surface area contributed by atoms with E-state index in [2.05, 4.69) is 13.0 Å². The molecule has 0 radical (unpaired) electrons. The summed E-state index contributed by atoms with van der Waals surface area (Å²) < 4.78 is 11.1. The van der Waals surface area contributed by atoms with Crippen molar-refractivity contribution in [3.05, 3.63) is 11.6 Å². The third-order valence-electron chi connectivity index (χ3n) is 2.34. The molecular formula is C11H20O2. The molecule has 0 aromatic carbocycles. The number of allylic oxidation sites excluding steroid dienone is 1. The lowest BCUT2D eigenvalue weighted by atomic mass is 9.96. The molecule has 2 aliphatic rings. The molecular weight excluding hydrogens is 164 g/mol. The Labute approximate surface area is 80.9 Å². The summed E-state index contributed by atoms with van der Waals surface area (Å²) in [6, 6.07) is 0. The zero-order chi connectivity index (χ0) is 9.73. The lowest BCUT2D eigenvalue weighted by Gasteiger charge is -2.28. The largest absolute Gasteiger partial charge is 0.344 e. The fourth-order valence-corrected chi connectivity index (χ4v) is 1.83. The van der Waals surface area contributed by atoms with Crippen molar-refractivity contribution in [3.63, 3.8) is 0 Å². The van der Waals surface area contributed by atoms with Crippen LogP contribution < -0.4 is 0 Å². The van der Waals surface area contributed by atoms with E-state index in [1.54, 1.807) is 0 Å². The number of hydrogen-bond acceptors (Lipinski definition) is 2. The molecule has 76 valence electrons. The van der Waals surface area contributed by atoms with E-state index < -0.39 is 0 Å². The minimum atomic E-state index is -0.317. The van der Waals surface area contributed by atoms with Gasteiger partial charge in [-0.2, -0.15) is 0 Å². The molecule has 2 nitrogen and oxygen atoms in total. The smallest absolute Gasteiger partial charge is 0.188 e. The van der Waals surface area contributed by atoms with Gasteiger partial charge in [0.25, 0.3) is 0 Å². The van der Waals surface area contributed by atoms with Gasteiger partial charge in [-0.05, 0) is 25.8 Å². The lowest BCUT2D eigenvalue weighted by Crippen LogP contribution is -2.29. The molecule has 1 saturated heterocycles. The van der Waals surface area contributed by atoms with Gasteiger partial charge >= 0.3 is 0 Å². The normalized spacial score (nSPS) is 25.0. The van der Waals surface area contributed by atoms with Crippen molar-refractivity contribution < 1.29 is 9.47 Å². The summed E-state index contributed by atoms with van der Waals surface area (Å²) in [6.45, 7) is 7.65. The van der Waals surface area contributed by atoms with Crippen LogP contribution in [0.3, 0.4) is 0 Å². The molecule has 0 N–H and O–H groups in total. The minimum Gasteiger partial charge on any atom is -0.344 e. The first-order chi connectivity index (χ1) is 6.31. The fraction of sp³-hybridized carbons (Fsp3) is 0.818.